The van der Waals surface area contributed by atoms with E-state index in [0.29, 0.717) is 12.5 Å². The van der Waals surface area contributed by atoms with Crippen LogP contribution in [0.25, 0.3) is 10.8 Å². The standard InChI is InChI=1S/C29H36N4O/c1-3-24(25-9-10-26(21-30)23(2)20-25)7-5-13-32-14-16-33(17-15-32)18-19-34-29-8-4-6-27-22-31-12-11-28(27)29/h4,6,8-12,20,22,24H,3,5,7,13-19H2,1-2H3. The monoisotopic (exact) mass is 456 g/mol. The Labute approximate surface area is 204 Å². The lowest BCUT2D eigenvalue weighted by Crippen LogP contribution is -2.47. The van der Waals surface area contributed by atoms with Gasteiger partial charge in [-0.2, -0.15) is 5.26 Å². The highest BCUT2D eigenvalue weighted by molar-refractivity contribution is 5.87. The summed E-state index contributed by atoms with van der Waals surface area (Å²) in [5.41, 5.74) is 3.26. The van der Waals surface area contributed by atoms with Crippen molar-refractivity contribution in [3.8, 4) is 11.8 Å². The van der Waals surface area contributed by atoms with Gasteiger partial charge in [0.05, 0.1) is 11.6 Å². The zero-order valence-electron chi connectivity index (χ0n) is 20.5. The first-order valence-electron chi connectivity index (χ1n) is 12.6. The lowest BCUT2D eigenvalue weighted by atomic mass is 9.90. The SMILES string of the molecule is CCC(CCCN1CCN(CCOc2cccc3cnccc23)CC1)c1ccc(C#N)c(C)c1. The van der Waals surface area contributed by atoms with E-state index in [1.165, 1.54) is 24.9 Å². The van der Waals surface area contributed by atoms with Crippen LogP contribution in [0, 0.1) is 18.3 Å². The Kier molecular flexibility index (Phi) is 8.51. The van der Waals surface area contributed by atoms with Gasteiger partial charge in [-0.1, -0.05) is 31.2 Å². The number of nitrogens with zero attached hydrogens (tertiary/aromatic N) is 4. The van der Waals surface area contributed by atoms with Gasteiger partial charge < -0.3 is 9.64 Å². The molecule has 1 atom stereocenters. The van der Waals surface area contributed by atoms with Crippen molar-refractivity contribution >= 4 is 10.8 Å². The maximum Gasteiger partial charge on any atom is 0.127 e. The second kappa shape index (κ2) is 12.0. The number of fused-ring (bicyclic) bond motifs is 1. The summed E-state index contributed by atoms with van der Waals surface area (Å²) in [5.74, 6) is 1.52. The Balaban J connectivity index is 1.16. The van der Waals surface area contributed by atoms with E-state index in [1.807, 2.05) is 43.6 Å². The van der Waals surface area contributed by atoms with E-state index < -0.39 is 0 Å². The molecule has 34 heavy (non-hydrogen) atoms. The normalized spacial score (nSPS) is 15.8. The highest BCUT2D eigenvalue weighted by atomic mass is 16.5. The van der Waals surface area contributed by atoms with E-state index >= 15 is 0 Å². The van der Waals surface area contributed by atoms with Gasteiger partial charge in [-0.25, -0.2) is 0 Å². The highest BCUT2D eigenvalue weighted by Gasteiger charge is 2.18. The molecule has 1 aliphatic heterocycles. The molecule has 0 aliphatic carbocycles. The average Bonchev–Trinajstić information content (AvgIpc) is 2.87. The van der Waals surface area contributed by atoms with Crippen LogP contribution >= 0.6 is 0 Å². The molecule has 4 rings (SSSR count). The van der Waals surface area contributed by atoms with Crippen molar-refractivity contribution in [3.63, 3.8) is 0 Å². The molecule has 178 valence electrons. The van der Waals surface area contributed by atoms with Crippen molar-refractivity contribution in [2.45, 2.75) is 39.0 Å². The van der Waals surface area contributed by atoms with E-state index in [2.05, 4.69) is 46.0 Å². The molecule has 0 spiro atoms. The van der Waals surface area contributed by atoms with E-state index in [0.717, 1.165) is 66.8 Å². The Bertz CT molecular complexity index is 1110. The summed E-state index contributed by atoms with van der Waals surface area (Å²) in [7, 11) is 0. The smallest absolute Gasteiger partial charge is 0.127 e. The number of benzene rings is 2. The van der Waals surface area contributed by atoms with Gasteiger partial charge in [-0.3, -0.25) is 9.88 Å². The van der Waals surface area contributed by atoms with Crippen LogP contribution in [0.15, 0.2) is 54.9 Å². The van der Waals surface area contributed by atoms with Crippen LogP contribution in [0.5, 0.6) is 5.75 Å². The predicted octanol–water partition coefficient (Wildman–Crippen LogP) is 5.39. The minimum Gasteiger partial charge on any atom is -0.492 e. The molecule has 5 heteroatoms. The molecule has 1 aliphatic rings. The van der Waals surface area contributed by atoms with Gasteiger partial charge in [0.2, 0.25) is 0 Å². The van der Waals surface area contributed by atoms with Gasteiger partial charge >= 0.3 is 0 Å². The number of ether oxygens (including phenoxy) is 1. The molecule has 0 saturated carbocycles. The molecule has 2 aromatic carbocycles. The fourth-order valence-electron chi connectivity index (χ4n) is 4.97. The van der Waals surface area contributed by atoms with Crippen molar-refractivity contribution in [2.24, 2.45) is 0 Å². The van der Waals surface area contributed by atoms with Crippen molar-refractivity contribution in [1.29, 1.82) is 5.26 Å². The molecular formula is C29H36N4O. The first kappa shape index (κ1) is 24.2. The van der Waals surface area contributed by atoms with Crippen molar-refractivity contribution in [3.05, 3.63) is 71.5 Å². The third-order valence-electron chi connectivity index (χ3n) is 7.13. The third kappa shape index (κ3) is 6.14. The van der Waals surface area contributed by atoms with Crippen molar-refractivity contribution < 1.29 is 4.74 Å². The number of aromatic nitrogens is 1. The van der Waals surface area contributed by atoms with Crippen LogP contribution in [0.4, 0.5) is 0 Å². The Hall–Kier alpha value is -2.94. The van der Waals surface area contributed by atoms with Gasteiger partial charge in [0, 0.05) is 55.9 Å². The lowest BCUT2D eigenvalue weighted by Gasteiger charge is -2.34. The first-order valence-corrected chi connectivity index (χ1v) is 12.6. The van der Waals surface area contributed by atoms with Crippen molar-refractivity contribution in [2.75, 3.05) is 45.9 Å². The topological polar surface area (TPSA) is 52.4 Å². The maximum atomic E-state index is 9.18. The quantitative estimate of drug-likeness (QED) is 0.410. The number of hydrogen-bond acceptors (Lipinski definition) is 5. The van der Waals surface area contributed by atoms with E-state index in [-0.39, 0.29) is 0 Å². The molecule has 5 nitrogen and oxygen atoms in total. The van der Waals surface area contributed by atoms with Gasteiger partial charge in [0.1, 0.15) is 12.4 Å². The fraction of sp³-hybridized carbons (Fsp3) is 0.448. The molecule has 3 aromatic rings. The van der Waals surface area contributed by atoms with E-state index in [4.69, 9.17) is 4.74 Å². The number of hydrogen-bond donors (Lipinski definition) is 0. The van der Waals surface area contributed by atoms with Gasteiger partial charge in [0.25, 0.3) is 0 Å². The number of aryl methyl sites for hydroxylation is 1. The molecule has 1 aromatic heterocycles. The van der Waals surface area contributed by atoms with Gasteiger partial charge in [-0.05, 0) is 68.0 Å². The maximum absolute atomic E-state index is 9.18. The number of nitriles is 1. The number of pyridine rings is 1. The van der Waals surface area contributed by atoms with Crippen LogP contribution in [0.3, 0.4) is 0 Å². The zero-order chi connectivity index (χ0) is 23.8. The average molecular weight is 457 g/mol. The molecule has 0 radical (unpaired) electrons. The Morgan fingerprint density at radius 3 is 2.59 bits per heavy atom. The minimum absolute atomic E-state index is 0.578. The third-order valence-corrected chi connectivity index (χ3v) is 7.13. The molecule has 0 bridgehead atoms. The molecule has 2 heterocycles. The minimum atomic E-state index is 0.578. The zero-order valence-corrected chi connectivity index (χ0v) is 20.5. The largest absolute Gasteiger partial charge is 0.492 e. The van der Waals surface area contributed by atoms with Gasteiger partial charge in [-0.15, -0.1) is 0 Å². The summed E-state index contributed by atoms with van der Waals surface area (Å²) in [6.45, 7) is 11.6. The summed E-state index contributed by atoms with van der Waals surface area (Å²) in [4.78, 5) is 9.31. The van der Waals surface area contributed by atoms with Crippen molar-refractivity contribution in [1.82, 2.24) is 14.8 Å². The van der Waals surface area contributed by atoms with E-state index in [1.54, 1.807) is 0 Å². The predicted molar refractivity (Wildman–Crippen MR) is 138 cm³/mol. The Morgan fingerprint density at radius 2 is 1.85 bits per heavy atom. The van der Waals surface area contributed by atoms with Crippen LogP contribution < -0.4 is 4.74 Å². The summed E-state index contributed by atoms with van der Waals surface area (Å²) >= 11 is 0. The fourth-order valence-corrected chi connectivity index (χ4v) is 4.97. The summed E-state index contributed by atoms with van der Waals surface area (Å²) in [5, 5.41) is 11.4. The second-order valence-corrected chi connectivity index (χ2v) is 9.32. The van der Waals surface area contributed by atoms with Crippen LogP contribution in [0.2, 0.25) is 0 Å². The van der Waals surface area contributed by atoms with Crippen LogP contribution in [-0.2, 0) is 0 Å². The number of piperazine rings is 1. The highest BCUT2D eigenvalue weighted by Crippen LogP contribution is 2.27. The van der Waals surface area contributed by atoms with Gasteiger partial charge in [0.15, 0.2) is 0 Å². The molecular weight excluding hydrogens is 420 g/mol. The summed E-state index contributed by atoms with van der Waals surface area (Å²) < 4.78 is 6.12. The lowest BCUT2D eigenvalue weighted by molar-refractivity contribution is 0.115. The summed E-state index contributed by atoms with van der Waals surface area (Å²) in [6, 6.07) is 16.8. The number of rotatable bonds is 10. The molecule has 1 unspecified atom stereocenters. The first-order chi connectivity index (χ1) is 16.7. The molecule has 0 N–H and O–H groups in total. The molecule has 0 amide bonds. The molecule has 1 saturated heterocycles. The van der Waals surface area contributed by atoms with Crippen LogP contribution in [-0.4, -0.2) is 60.7 Å². The molecule has 1 fully saturated rings. The Morgan fingerprint density at radius 1 is 1.06 bits per heavy atom. The second-order valence-electron chi connectivity index (χ2n) is 9.32. The van der Waals surface area contributed by atoms with E-state index in [9.17, 15) is 5.26 Å². The van der Waals surface area contributed by atoms with Crippen LogP contribution in [0.1, 0.15) is 48.8 Å². The summed E-state index contributed by atoms with van der Waals surface area (Å²) in [6.07, 6.45) is 7.28.